The van der Waals surface area contributed by atoms with E-state index in [9.17, 15) is 4.39 Å². The average molecular weight is 215 g/mol. The van der Waals surface area contributed by atoms with Crippen molar-refractivity contribution in [3.63, 3.8) is 0 Å². The molecule has 0 unspecified atom stereocenters. The van der Waals surface area contributed by atoms with E-state index in [1.807, 2.05) is 31.2 Å². The number of halogens is 1. The molecule has 1 nitrogen and oxygen atoms in total. The van der Waals surface area contributed by atoms with Gasteiger partial charge in [-0.15, -0.1) is 0 Å². The van der Waals surface area contributed by atoms with Crippen molar-refractivity contribution in [3.8, 4) is 11.1 Å². The number of benzene rings is 2. The molecule has 0 spiro atoms. The maximum absolute atomic E-state index is 13.5. The molecule has 2 N–H and O–H groups in total. The summed E-state index contributed by atoms with van der Waals surface area (Å²) in [7, 11) is 0. The Balaban J connectivity index is 2.67. The molecule has 0 fully saturated rings. The van der Waals surface area contributed by atoms with Crippen molar-refractivity contribution < 1.29 is 4.39 Å². The lowest BCUT2D eigenvalue weighted by Crippen LogP contribution is -1.94. The molecule has 82 valence electrons. The topological polar surface area (TPSA) is 26.0 Å². The Morgan fingerprint density at radius 3 is 2.50 bits per heavy atom. The van der Waals surface area contributed by atoms with Crippen LogP contribution in [-0.4, -0.2) is 0 Å². The maximum atomic E-state index is 13.5. The largest absolute Gasteiger partial charge is 0.398 e. The van der Waals surface area contributed by atoms with Crippen LogP contribution in [0.2, 0.25) is 0 Å². The smallest absolute Gasteiger partial charge is 0.126 e. The summed E-state index contributed by atoms with van der Waals surface area (Å²) in [6, 6.07) is 10.9. The number of rotatable bonds is 1. The van der Waals surface area contributed by atoms with Gasteiger partial charge in [-0.1, -0.05) is 23.8 Å². The van der Waals surface area contributed by atoms with E-state index in [0.29, 0.717) is 11.3 Å². The molecule has 2 aromatic carbocycles. The third-order valence-electron chi connectivity index (χ3n) is 2.77. The Morgan fingerprint density at radius 1 is 1.00 bits per heavy atom. The van der Waals surface area contributed by atoms with Crippen LogP contribution in [0.3, 0.4) is 0 Å². The molecule has 0 radical (unpaired) electrons. The molecule has 0 heterocycles. The minimum atomic E-state index is -0.196. The van der Waals surface area contributed by atoms with E-state index in [4.69, 9.17) is 5.73 Å². The van der Waals surface area contributed by atoms with Crippen molar-refractivity contribution in [2.45, 2.75) is 13.8 Å². The third kappa shape index (κ3) is 1.78. The molecule has 0 aliphatic rings. The Hall–Kier alpha value is -1.83. The number of aryl methyl sites for hydroxylation is 1. The van der Waals surface area contributed by atoms with Gasteiger partial charge < -0.3 is 5.73 Å². The van der Waals surface area contributed by atoms with E-state index in [0.717, 1.165) is 16.7 Å². The predicted octanol–water partition coefficient (Wildman–Crippen LogP) is 3.69. The third-order valence-corrected chi connectivity index (χ3v) is 2.77. The van der Waals surface area contributed by atoms with Crippen molar-refractivity contribution in [1.82, 2.24) is 0 Å². The SMILES string of the molecule is Cc1ccc(N)c(-c2cccc(F)c2C)c1. The molecule has 16 heavy (non-hydrogen) atoms. The molecule has 0 aliphatic heterocycles. The van der Waals surface area contributed by atoms with E-state index >= 15 is 0 Å². The van der Waals surface area contributed by atoms with E-state index in [1.165, 1.54) is 6.07 Å². The molecule has 2 aromatic rings. The molecule has 0 bridgehead atoms. The number of nitrogens with two attached hydrogens (primary N) is 1. The zero-order valence-electron chi connectivity index (χ0n) is 9.42. The standard InChI is InChI=1S/C14H14FN/c1-9-6-7-14(16)12(8-9)11-4-3-5-13(15)10(11)2/h3-8H,16H2,1-2H3. The predicted molar refractivity (Wildman–Crippen MR) is 65.7 cm³/mol. The lowest BCUT2D eigenvalue weighted by Gasteiger charge is -2.10. The molecule has 2 heteroatoms. The van der Waals surface area contributed by atoms with Gasteiger partial charge >= 0.3 is 0 Å². The van der Waals surface area contributed by atoms with Crippen LogP contribution >= 0.6 is 0 Å². The summed E-state index contributed by atoms with van der Waals surface area (Å²) in [5.41, 5.74) is 10.1. The van der Waals surface area contributed by atoms with Crippen LogP contribution in [0.1, 0.15) is 11.1 Å². The number of hydrogen-bond donors (Lipinski definition) is 1. The van der Waals surface area contributed by atoms with Crippen molar-refractivity contribution in [3.05, 3.63) is 53.3 Å². The highest BCUT2D eigenvalue weighted by molar-refractivity contribution is 5.79. The molecule has 0 aromatic heterocycles. The molecular weight excluding hydrogens is 201 g/mol. The second-order valence-electron chi connectivity index (χ2n) is 4.00. The Labute approximate surface area is 94.7 Å². The van der Waals surface area contributed by atoms with Gasteiger partial charge in [0.25, 0.3) is 0 Å². The summed E-state index contributed by atoms with van der Waals surface area (Å²) in [5.74, 6) is -0.196. The normalized spacial score (nSPS) is 10.4. The van der Waals surface area contributed by atoms with Crippen molar-refractivity contribution in [1.29, 1.82) is 0 Å². The molecular formula is C14H14FN. The minimum absolute atomic E-state index is 0.196. The van der Waals surface area contributed by atoms with Crippen LogP contribution in [-0.2, 0) is 0 Å². The molecule has 2 rings (SSSR count). The zero-order chi connectivity index (χ0) is 11.7. The fourth-order valence-electron chi connectivity index (χ4n) is 1.80. The monoisotopic (exact) mass is 215 g/mol. The second kappa shape index (κ2) is 3.97. The van der Waals surface area contributed by atoms with Crippen LogP contribution in [0.4, 0.5) is 10.1 Å². The number of anilines is 1. The molecule has 0 saturated carbocycles. The first-order valence-electron chi connectivity index (χ1n) is 5.21. The summed E-state index contributed by atoms with van der Waals surface area (Å²) >= 11 is 0. The van der Waals surface area contributed by atoms with Crippen molar-refractivity contribution in [2.24, 2.45) is 0 Å². The number of nitrogen functional groups attached to an aromatic ring is 1. The van der Waals surface area contributed by atoms with E-state index in [-0.39, 0.29) is 5.82 Å². The summed E-state index contributed by atoms with van der Waals surface area (Å²) in [6.07, 6.45) is 0. The molecule has 0 atom stereocenters. The summed E-state index contributed by atoms with van der Waals surface area (Å²) in [5, 5.41) is 0. The highest BCUT2D eigenvalue weighted by Gasteiger charge is 2.08. The molecule has 0 saturated heterocycles. The van der Waals surface area contributed by atoms with Crippen molar-refractivity contribution >= 4 is 5.69 Å². The zero-order valence-corrected chi connectivity index (χ0v) is 9.42. The summed E-state index contributed by atoms with van der Waals surface area (Å²) in [6.45, 7) is 3.77. The van der Waals surface area contributed by atoms with Gasteiger partial charge in [0.15, 0.2) is 0 Å². The van der Waals surface area contributed by atoms with Crippen LogP contribution in [0.25, 0.3) is 11.1 Å². The van der Waals surface area contributed by atoms with Gasteiger partial charge in [0.05, 0.1) is 0 Å². The fraction of sp³-hybridized carbons (Fsp3) is 0.143. The van der Waals surface area contributed by atoms with Crippen LogP contribution in [0.5, 0.6) is 0 Å². The lowest BCUT2D eigenvalue weighted by molar-refractivity contribution is 0.619. The van der Waals surface area contributed by atoms with Gasteiger partial charge in [-0.25, -0.2) is 4.39 Å². The first kappa shape index (κ1) is 10.7. The Morgan fingerprint density at radius 2 is 1.75 bits per heavy atom. The van der Waals surface area contributed by atoms with Crippen LogP contribution in [0.15, 0.2) is 36.4 Å². The van der Waals surface area contributed by atoms with Gasteiger partial charge in [0.1, 0.15) is 5.82 Å². The van der Waals surface area contributed by atoms with E-state index in [2.05, 4.69) is 0 Å². The Bertz CT molecular complexity index is 532. The summed E-state index contributed by atoms with van der Waals surface area (Å²) < 4.78 is 13.5. The van der Waals surface area contributed by atoms with Gasteiger partial charge in [-0.05, 0) is 43.2 Å². The maximum Gasteiger partial charge on any atom is 0.126 e. The van der Waals surface area contributed by atoms with Crippen LogP contribution in [0, 0.1) is 19.7 Å². The number of hydrogen-bond acceptors (Lipinski definition) is 1. The molecule has 0 aliphatic carbocycles. The lowest BCUT2D eigenvalue weighted by atomic mass is 9.97. The average Bonchev–Trinajstić information content (AvgIpc) is 2.26. The van der Waals surface area contributed by atoms with E-state index in [1.54, 1.807) is 13.0 Å². The quantitative estimate of drug-likeness (QED) is 0.721. The van der Waals surface area contributed by atoms with Crippen molar-refractivity contribution in [2.75, 3.05) is 5.73 Å². The summed E-state index contributed by atoms with van der Waals surface area (Å²) in [4.78, 5) is 0. The molecule has 0 amide bonds. The second-order valence-corrected chi connectivity index (χ2v) is 4.00. The van der Waals surface area contributed by atoms with Gasteiger partial charge in [0.2, 0.25) is 0 Å². The highest BCUT2D eigenvalue weighted by Crippen LogP contribution is 2.30. The van der Waals surface area contributed by atoms with Gasteiger partial charge in [-0.3, -0.25) is 0 Å². The van der Waals surface area contributed by atoms with Gasteiger partial charge in [0, 0.05) is 11.3 Å². The first-order valence-corrected chi connectivity index (χ1v) is 5.21. The van der Waals surface area contributed by atoms with E-state index < -0.39 is 0 Å². The minimum Gasteiger partial charge on any atom is -0.398 e. The fourth-order valence-corrected chi connectivity index (χ4v) is 1.80. The Kier molecular flexibility index (Phi) is 2.65. The first-order chi connectivity index (χ1) is 7.59. The van der Waals surface area contributed by atoms with Gasteiger partial charge in [-0.2, -0.15) is 0 Å². The highest BCUT2D eigenvalue weighted by atomic mass is 19.1. The van der Waals surface area contributed by atoms with Crippen LogP contribution < -0.4 is 5.73 Å².